The first-order valence-electron chi connectivity index (χ1n) is 3.83. The number of carboxylic acid groups (broad SMARTS) is 1. The Hall–Kier alpha value is -1.46. The van der Waals surface area contributed by atoms with Crippen molar-refractivity contribution >= 4 is 5.97 Å². The van der Waals surface area contributed by atoms with Crippen LogP contribution in [0.3, 0.4) is 0 Å². The van der Waals surface area contributed by atoms with Crippen molar-refractivity contribution in [3.05, 3.63) is 17.8 Å². The van der Waals surface area contributed by atoms with Crippen LogP contribution in [-0.4, -0.2) is 16.1 Å². The van der Waals surface area contributed by atoms with Gasteiger partial charge in [-0.1, -0.05) is 0 Å². The number of carbonyl (C=O) groups is 1. The fourth-order valence-electron chi connectivity index (χ4n) is 0.783. The molecule has 0 aliphatic carbocycles. The van der Waals surface area contributed by atoms with Gasteiger partial charge in [0.2, 0.25) is 0 Å². The van der Waals surface area contributed by atoms with Gasteiger partial charge >= 0.3 is 12.4 Å². The minimum Gasteiger partial charge on any atom is -0.481 e. The van der Waals surface area contributed by atoms with E-state index < -0.39 is 23.7 Å². The summed E-state index contributed by atoms with van der Waals surface area (Å²) in [5.74, 6) is -2.00. The molecule has 4 nitrogen and oxygen atoms in total. The molecule has 0 bridgehead atoms. The van der Waals surface area contributed by atoms with Crippen molar-refractivity contribution < 1.29 is 23.1 Å². The van der Waals surface area contributed by atoms with Gasteiger partial charge in [-0.15, -0.1) is 0 Å². The highest BCUT2D eigenvalue weighted by molar-refractivity contribution is 5.79. The molecule has 78 valence electrons. The van der Waals surface area contributed by atoms with Crippen LogP contribution in [0.1, 0.15) is 31.9 Å². The minimum atomic E-state index is -2.83. The van der Waals surface area contributed by atoms with Crippen LogP contribution >= 0.6 is 0 Å². The van der Waals surface area contributed by atoms with Crippen LogP contribution in [0.25, 0.3) is 0 Å². The molecule has 1 aromatic heterocycles. The molecule has 0 fully saturated rings. The fraction of sp³-hybridized carbons (Fsp3) is 0.500. The van der Waals surface area contributed by atoms with E-state index in [1.54, 1.807) is 0 Å². The summed E-state index contributed by atoms with van der Waals surface area (Å²) in [6.45, 7) is 2.70. The van der Waals surface area contributed by atoms with Crippen LogP contribution in [0.15, 0.2) is 10.6 Å². The van der Waals surface area contributed by atoms with Crippen LogP contribution in [0.5, 0.6) is 0 Å². The van der Waals surface area contributed by atoms with E-state index in [1.807, 2.05) is 0 Å². The maximum atomic E-state index is 12.1. The Morgan fingerprint density at radius 3 is 2.57 bits per heavy atom. The van der Waals surface area contributed by atoms with Crippen molar-refractivity contribution in [3.8, 4) is 0 Å². The fourth-order valence-corrected chi connectivity index (χ4v) is 0.783. The molecule has 0 radical (unpaired) electrons. The van der Waals surface area contributed by atoms with Crippen molar-refractivity contribution in [1.29, 1.82) is 0 Å². The van der Waals surface area contributed by atoms with Gasteiger partial charge < -0.3 is 9.52 Å². The quantitative estimate of drug-likeness (QED) is 0.819. The minimum absolute atomic E-state index is 0.0831. The van der Waals surface area contributed by atoms with Gasteiger partial charge in [0.15, 0.2) is 0 Å². The molecule has 14 heavy (non-hydrogen) atoms. The second-order valence-electron chi connectivity index (χ2n) is 3.29. The number of aromatic nitrogens is 1. The van der Waals surface area contributed by atoms with Crippen molar-refractivity contribution in [3.63, 3.8) is 0 Å². The zero-order chi connectivity index (χ0) is 10.9. The predicted molar refractivity (Wildman–Crippen MR) is 42.1 cm³/mol. The lowest BCUT2D eigenvalue weighted by Gasteiger charge is -2.14. The van der Waals surface area contributed by atoms with Gasteiger partial charge in [-0.3, -0.25) is 4.79 Å². The number of rotatable bonds is 3. The summed E-state index contributed by atoms with van der Waals surface area (Å²) >= 11 is 0. The maximum absolute atomic E-state index is 12.1. The van der Waals surface area contributed by atoms with E-state index in [1.165, 1.54) is 13.8 Å². The molecule has 1 aromatic rings. The van der Waals surface area contributed by atoms with Crippen LogP contribution in [0, 0.1) is 0 Å². The molecule has 0 aliphatic heterocycles. The van der Waals surface area contributed by atoms with Gasteiger partial charge in [0.05, 0.1) is 6.20 Å². The molecule has 1 heterocycles. The number of hydrogen-bond donors (Lipinski definition) is 1. The average molecular weight is 205 g/mol. The van der Waals surface area contributed by atoms with E-state index in [0.29, 0.717) is 0 Å². The number of halogens is 2. The number of hydrogen-bond acceptors (Lipinski definition) is 3. The lowest BCUT2D eigenvalue weighted by atomic mass is 9.91. The number of nitrogens with zero attached hydrogens (tertiary/aromatic N) is 1. The second kappa shape index (κ2) is 3.36. The summed E-state index contributed by atoms with van der Waals surface area (Å²) in [5, 5.41) is 8.77. The van der Waals surface area contributed by atoms with E-state index in [9.17, 15) is 13.6 Å². The molecule has 0 unspecified atom stereocenters. The van der Waals surface area contributed by atoms with E-state index >= 15 is 0 Å². The molecule has 0 amide bonds. The van der Waals surface area contributed by atoms with E-state index in [2.05, 4.69) is 9.40 Å². The molecule has 0 saturated carbocycles. The maximum Gasteiger partial charge on any atom is 0.316 e. The monoisotopic (exact) mass is 205 g/mol. The highest BCUT2D eigenvalue weighted by atomic mass is 19.3. The van der Waals surface area contributed by atoms with Crippen molar-refractivity contribution in [2.24, 2.45) is 0 Å². The zero-order valence-corrected chi connectivity index (χ0v) is 7.62. The molecular weight excluding hydrogens is 196 g/mol. The number of carboxylic acids is 1. The van der Waals surface area contributed by atoms with Crippen molar-refractivity contribution in [2.75, 3.05) is 0 Å². The highest BCUT2D eigenvalue weighted by Crippen LogP contribution is 2.27. The van der Waals surface area contributed by atoms with Gasteiger partial charge in [-0.25, -0.2) is 4.98 Å². The lowest BCUT2D eigenvalue weighted by molar-refractivity contribution is -0.143. The summed E-state index contributed by atoms with van der Waals surface area (Å²) < 4.78 is 28.8. The summed E-state index contributed by atoms with van der Waals surface area (Å²) in [7, 11) is 0. The Kier molecular flexibility index (Phi) is 2.55. The third kappa shape index (κ3) is 1.73. The molecule has 1 N–H and O–H groups in total. The SMILES string of the molecule is CC(C)(C(=O)O)c1cnc(C(F)F)o1. The highest BCUT2D eigenvalue weighted by Gasteiger charge is 2.34. The normalized spacial score (nSPS) is 12.1. The lowest BCUT2D eigenvalue weighted by Crippen LogP contribution is -2.27. The van der Waals surface area contributed by atoms with Crippen LogP contribution in [0.2, 0.25) is 0 Å². The van der Waals surface area contributed by atoms with Crippen molar-refractivity contribution in [1.82, 2.24) is 4.98 Å². The molecule has 6 heteroatoms. The third-order valence-corrected chi connectivity index (χ3v) is 1.86. The molecule has 0 aromatic carbocycles. The largest absolute Gasteiger partial charge is 0.481 e. The topological polar surface area (TPSA) is 63.3 Å². The van der Waals surface area contributed by atoms with Gasteiger partial charge in [0.25, 0.3) is 5.89 Å². The Balaban J connectivity index is 3.03. The van der Waals surface area contributed by atoms with Crippen LogP contribution < -0.4 is 0 Å². The van der Waals surface area contributed by atoms with Crippen molar-refractivity contribution in [2.45, 2.75) is 25.7 Å². The average Bonchev–Trinajstić information content (AvgIpc) is 2.51. The number of oxazole rings is 1. The zero-order valence-electron chi connectivity index (χ0n) is 7.62. The molecular formula is C8H9F2NO3. The Bertz CT molecular complexity index is 346. The smallest absolute Gasteiger partial charge is 0.316 e. The Labute approximate surface area is 78.6 Å². The first-order valence-corrected chi connectivity index (χ1v) is 3.83. The molecule has 0 atom stereocenters. The summed E-state index contributed by atoms with van der Waals surface area (Å²) in [6.07, 6.45) is -1.82. The summed E-state index contributed by atoms with van der Waals surface area (Å²) in [6, 6.07) is 0. The van der Waals surface area contributed by atoms with Gasteiger partial charge in [-0.05, 0) is 13.8 Å². The van der Waals surface area contributed by atoms with E-state index in [-0.39, 0.29) is 5.76 Å². The molecule has 0 aliphatic rings. The van der Waals surface area contributed by atoms with E-state index in [4.69, 9.17) is 5.11 Å². The molecule has 0 saturated heterocycles. The standard InChI is InChI=1S/C8H9F2NO3/c1-8(2,7(12)13)4-3-11-6(14-4)5(9)10/h3,5H,1-2H3,(H,12,13). The predicted octanol–water partition coefficient (Wildman–Crippen LogP) is 1.97. The van der Waals surface area contributed by atoms with Gasteiger partial charge in [0, 0.05) is 0 Å². The number of aliphatic carboxylic acids is 1. The molecule has 1 rings (SSSR count). The van der Waals surface area contributed by atoms with E-state index in [0.717, 1.165) is 6.20 Å². The Morgan fingerprint density at radius 2 is 2.21 bits per heavy atom. The first-order chi connectivity index (χ1) is 6.35. The van der Waals surface area contributed by atoms with Crippen LogP contribution in [-0.2, 0) is 10.2 Å². The van der Waals surface area contributed by atoms with Gasteiger partial charge in [-0.2, -0.15) is 8.78 Å². The summed E-state index contributed by atoms with van der Waals surface area (Å²) in [5.41, 5.74) is -1.35. The summed E-state index contributed by atoms with van der Waals surface area (Å²) in [4.78, 5) is 14.0. The van der Waals surface area contributed by atoms with Gasteiger partial charge in [0.1, 0.15) is 11.2 Å². The first kappa shape index (κ1) is 10.6. The van der Waals surface area contributed by atoms with Crippen LogP contribution in [0.4, 0.5) is 8.78 Å². The Morgan fingerprint density at radius 1 is 1.64 bits per heavy atom. The number of alkyl halides is 2. The second-order valence-corrected chi connectivity index (χ2v) is 3.29. The third-order valence-electron chi connectivity index (χ3n) is 1.86. The molecule has 0 spiro atoms.